The Morgan fingerprint density at radius 3 is 2.57 bits per heavy atom. The van der Waals surface area contributed by atoms with E-state index in [1.165, 1.54) is 5.56 Å². The van der Waals surface area contributed by atoms with Crippen molar-refractivity contribution in [1.29, 1.82) is 0 Å². The van der Waals surface area contributed by atoms with Crippen LogP contribution in [0.25, 0.3) is 33.7 Å². The standard InChI is InChI=1S/C28H27N5O2/c1-33-18-22(27(32-33)21-11-12-25-26(15-21)35-14-4-13-34-25)17-29-16-19-7-9-20(10-8-19)28-30-23-5-2-3-6-24(23)31-28/h2-3,5-12,15,18,29H,4,13-14,16-17H2,1H3,(H,30,31). The minimum atomic E-state index is 0.669. The summed E-state index contributed by atoms with van der Waals surface area (Å²) in [5, 5.41) is 8.27. The fourth-order valence-corrected chi connectivity index (χ4v) is 4.43. The van der Waals surface area contributed by atoms with Crippen LogP contribution in [0.5, 0.6) is 11.5 Å². The van der Waals surface area contributed by atoms with Gasteiger partial charge in [-0.05, 0) is 35.9 Å². The number of rotatable bonds is 6. The molecule has 5 aromatic rings. The van der Waals surface area contributed by atoms with Crippen molar-refractivity contribution < 1.29 is 9.47 Å². The Labute approximate surface area is 203 Å². The Bertz CT molecular complexity index is 1440. The van der Waals surface area contributed by atoms with Crippen LogP contribution in [0, 0.1) is 0 Å². The van der Waals surface area contributed by atoms with E-state index in [1.807, 2.05) is 48.1 Å². The van der Waals surface area contributed by atoms with E-state index < -0.39 is 0 Å². The molecule has 0 unspecified atom stereocenters. The van der Waals surface area contributed by atoms with E-state index in [0.29, 0.717) is 19.8 Å². The van der Waals surface area contributed by atoms with Gasteiger partial charge >= 0.3 is 0 Å². The number of benzene rings is 3. The molecule has 35 heavy (non-hydrogen) atoms. The lowest BCUT2D eigenvalue weighted by molar-refractivity contribution is 0.297. The lowest BCUT2D eigenvalue weighted by Crippen LogP contribution is -2.12. The van der Waals surface area contributed by atoms with Crippen LogP contribution in [0.3, 0.4) is 0 Å². The van der Waals surface area contributed by atoms with Crippen LogP contribution in [0.2, 0.25) is 0 Å². The number of H-pyrrole nitrogens is 1. The van der Waals surface area contributed by atoms with Crippen molar-refractivity contribution in [3.05, 3.63) is 84.1 Å². The number of imidazole rings is 1. The summed E-state index contributed by atoms with van der Waals surface area (Å²) in [5.74, 6) is 2.47. The normalized spacial score (nSPS) is 13.2. The topological polar surface area (TPSA) is 77.0 Å². The van der Waals surface area contributed by atoms with Crippen molar-refractivity contribution in [3.63, 3.8) is 0 Å². The number of fused-ring (bicyclic) bond motifs is 2. The van der Waals surface area contributed by atoms with Crippen LogP contribution in [-0.2, 0) is 20.1 Å². The van der Waals surface area contributed by atoms with Gasteiger partial charge in [0, 0.05) is 49.4 Å². The molecule has 6 rings (SSSR count). The van der Waals surface area contributed by atoms with Crippen molar-refractivity contribution in [1.82, 2.24) is 25.1 Å². The highest BCUT2D eigenvalue weighted by molar-refractivity contribution is 5.79. The molecule has 0 radical (unpaired) electrons. The van der Waals surface area contributed by atoms with E-state index in [9.17, 15) is 0 Å². The molecule has 176 valence electrons. The Morgan fingerprint density at radius 1 is 0.914 bits per heavy atom. The molecule has 0 aliphatic carbocycles. The van der Waals surface area contributed by atoms with Crippen LogP contribution in [0.1, 0.15) is 17.5 Å². The molecule has 0 spiro atoms. The van der Waals surface area contributed by atoms with Gasteiger partial charge in [0.1, 0.15) is 5.82 Å². The lowest BCUT2D eigenvalue weighted by Gasteiger charge is -2.10. The van der Waals surface area contributed by atoms with Crippen molar-refractivity contribution in [2.75, 3.05) is 13.2 Å². The zero-order chi connectivity index (χ0) is 23.6. The van der Waals surface area contributed by atoms with Gasteiger partial charge in [0.05, 0.1) is 29.9 Å². The molecule has 7 heteroatoms. The third-order valence-corrected chi connectivity index (χ3v) is 6.19. The maximum Gasteiger partial charge on any atom is 0.161 e. The molecular formula is C28H27N5O2. The second-order valence-electron chi connectivity index (χ2n) is 8.79. The van der Waals surface area contributed by atoms with Gasteiger partial charge in [-0.3, -0.25) is 4.68 Å². The maximum absolute atomic E-state index is 5.87. The number of nitrogens with zero attached hydrogens (tertiary/aromatic N) is 3. The van der Waals surface area contributed by atoms with Gasteiger partial charge in [0.15, 0.2) is 11.5 Å². The van der Waals surface area contributed by atoms with E-state index in [1.54, 1.807) is 0 Å². The fourth-order valence-electron chi connectivity index (χ4n) is 4.43. The number of aromatic amines is 1. The first kappa shape index (κ1) is 21.4. The van der Waals surface area contributed by atoms with Gasteiger partial charge in [-0.25, -0.2) is 4.98 Å². The summed E-state index contributed by atoms with van der Waals surface area (Å²) in [7, 11) is 1.95. The number of aryl methyl sites for hydroxylation is 1. The molecule has 2 N–H and O–H groups in total. The van der Waals surface area contributed by atoms with Crippen LogP contribution in [0.4, 0.5) is 0 Å². The van der Waals surface area contributed by atoms with Crippen molar-refractivity contribution in [2.24, 2.45) is 7.05 Å². The first-order chi connectivity index (χ1) is 17.2. The second-order valence-corrected chi connectivity index (χ2v) is 8.79. The molecule has 7 nitrogen and oxygen atoms in total. The maximum atomic E-state index is 5.87. The van der Waals surface area contributed by atoms with Crippen LogP contribution in [-0.4, -0.2) is 33.0 Å². The van der Waals surface area contributed by atoms with Gasteiger partial charge in [0.2, 0.25) is 0 Å². The van der Waals surface area contributed by atoms with Gasteiger partial charge in [0.25, 0.3) is 0 Å². The van der Waals surface area contributed by atoms with E-state index in [0.717, 1.165) is 63.7 Å². The highest BCUT2D eigenvalue weighted by Crippen LogP contribution is 2.34. The summed E-state index contributed by atoms with van der Waals surface area (Å²) in [4.78, 5) is 8.08. The number of hydrogen-bond acceptors (Lipinski definition) is 5. The van der Waals surface area contributed by atoms with Gasteiger partial charge in [-0.1, -0.05) is 36.4 Å². The molecule has 0 atom stereocenters. The highest BCUT2D eigenvalue weighted by atomic mass is 16.5. The fraction of sp³-hybridized carbons (Fsp3) is 0.214. The zero-order valence-corrected chi connectivity index (χ0v) is 19.6. The first-order valence-electron chi connectivity index (χ1n) is 11.9. The van der Waals surface area contributed by atoms with E-state index in [2.05, 4.69) is 46.8 Å². The Kier molecular flexibility index (Phi) is 5.68. The largest absolute Gasteiger partial charge is 0.490 e. The summed E-state index contributed by atoms with van der Waals surface area (Å²) < 4.78 is 13.5. The predicted octanol–water partition coefficient (Wildman–Crippen LogP) is 5.08. The number of aromatic nitrogens is 4. The van der Waals surface area contributed by atoms with Crippen LogP contribution < -0.4 is 14.8 Å². The molecule has 0 fully saturated rings. The third kappa shape index (κ3) is 4.50. The third-order valence-electron chi connectivity index (χ3n) is 6.19. The molecule has 2 aromatic heterocycles. The number of para-hydroxylation sites is 2. The van der Waals surface area contributed by atoms with E-state index in [-0.39, 0.29) is 0 Å². The summed E-state index contributed by atoms with van der Waals surface area (Å²) in [6.07, 6.45) is 2.96. The molecule has 0 saturated carbocycles. The highest BCUT2D eigenvalue weighted by Gasteiger charge is 2.15. The molecule has 0 saturated heterocycles. The van der Waals surface area contributed by atoms with Crippen molar-refractivity contribution in [2.45, 2.75) is 19.5 Å². The Hall–Kier alpha value is -4.10. The van der Waals surface area contributed by atoms with Gasteiger partial charge < -0.3 is 19.8 Å². The minimum Gasteiger partial charge on any atom is -0.490 e. The summed E-state index contributed by atoms with van der Waals surface area (Å²) >= 11 is 0. The summed E-state index contributed by atoms with van der Waals surface area (Å²) in [6.45, 7) is 2.82. The number of hydrogen-bond donors (Lipinski definition) is 2. The zero-order valence-electron chi connectivity index (χ0n) is 19.6. The number of nitrogens with one attached hydrogen (secondary N) is 2. The minimum absolute atomic E-state index is 0.669. The van der Waals surface area contributed by atoms with E-state index >= 15 is 0 Å². The molecule has 0 amide bonds. The van der Waals surface area contributed by atoms with Crippen molar-refractivity contribution >= 4 is 11.0 Å². The van der Waals surface area contributed by atoms with Crippen molar-refractivity contribution in [3.8, 4) is 34.1 Å². The van der Waals surface area contributed by atoms with Gasteiger partial charge in [-0.2, -0.15) is 5.10 Å². The average Bonchev–Trinajstić information content (AvgIpc) is 3.40. The van der Waals surface area contributed by atoms with Crippen LogP contribution in [0.15, 0.2) is 72.9 Å². The number of ether oxygens (including phenoxy) is 2. The van der Waals surface area contributed by atoms with Crippen LogP contribution >= 0.6 is 0 Å². The molecule has 1 aliphatic rings. The average molecular weight is 466 g/mol. The molecule has 3 heterocycles. The Balaban J connectivity index is 1.13. The summed E-state index contributed by atoms with van der Waals surface area (Å²) in [6, 6.07) is 22.7. The molecule has 3 aromatic carbocycles. The van der Waals surface area contributed by atoms with Gasteiger partial charge in [-0.15, -0.1) is 0 Å². The lowest BCUT2D eigenvalue weighted by atomic mass is 10.1. The quantitative estimate of drug-likeness (QED) is 0.366. The monoisotopic (exact) mass is 465 g/mol. The first-order valence-corrected chi connectivity index (χ1v) is 11.9. The molecular weight excluding hydrogens is 438 g/mol. The second kappa shape index (κ2) is 9.27. The Morgan fingerprint density at radius 2 is 1.71 bits per heavy atom. The molecule has 0 bridgehead atoms. The van der Waals surface area contributed by atoms with E-state index in [4.69, 9.17) is 19.6 Å². The molecule has 1 aliphatic heterocycles. The SMILES string of the molecule is Cn1cc(CNCc2ccc(-c3nc4ccccc4[nH]3)cc2)c(-c2ccc3c(c2)OCCCO3)n1. The smallest absolute Gasteiger partial charge is 0.161 e. The predicted molar refractivity (Wildman–Crippen MR) is 136 cm³/mol. The summed E-state index contributed by atoms with van der Waals surface area (Å²) in [5.41, 5.74) is 7.45.